The maximum Gasteiger partial charge on any atom is 0.136 e. The van der Waals surface area contributed by atoms with Gasteiger partial charge in [-0.15, -0.1) is 0 Å². The van der Waals surface area contributed by atoms with Crippen LogP contribution in [0.15, 0.2) is 30.5 Å². The van der Waals surface area contributed by atoms with Crippen LogP contribution in [0.2, 0.25) is 0 Å². The van der Waals surface area contributed by atoms with E-state index in [1.54, 1.807) is 0 Å². The first kappa shape index (κ1) is 14.3. The highest BCUT2D eigenvalue weighted by Crippen LogP contribution is 2.31. The number of rotatable bonds is 4. The third-order valence-electron chi connectivity index (χ3n) is 4.38. The highest BCUT2D eigenvalue weighted by Gasteiger charge is 2.23. The molecular formula is C18H25N3. The molecule has 1 aliphatic rings. The van der Waals surface area contributed by atoms with E-state index in [9.17, 15) is 0 Å². The molecule has 0 amide bonds. The first-order chi connectivity index (χ1) is 10.2. The summed E-state index contributed by atoms with van der Waals surface area (Å²) in [6, 6.07) is 9.76. The lowest BCUT2D eigenvalue weighted by Crippen LogP contribution is -2.27. The number of hydrogen-bond acceptors (Lipinski definition) is 3. The van der Waals surface area contributed by atoms with E-state index < -0.39 is 0 Å². The number of anilines is 1. The summed E-state index contributed by atoms with van der Waals surface area (Å²) >= 11 is 0. The molecule has 2 aromatic rings. The molecule has 2 heterocycles. The van der Waals surface area contributed by atoms with Gasteiger partial charge < -0.3 is 10.2 Å². The summed E-state index contributed by atoms with van der Waals surface area (Å²) in [6.07, 6.45) is 4.60. The topological polar surface area (TPSA) is 28.2 Å². The van der Waals surface area contributed by atoms with Gasteiger partial charge in [0.25, 0.3) is 0 Å². The molecule has 1 saturated heterocycles. The molecule has 1 N–H and O–H groups in total. The number of fused-ring (bicyclic) bond motifs is 1. The van der Waals surface area contributed by atoms with Crippen LogP contribution in [0.4, 0.5) is 5.82 Å². The molecule has 3 nitrogen and oxygen atoms in total. The van der Waals surface area contributed by atoms with Gasteiger partial charge in [0.2, 0.25) is 0 Å². The van der Waals surface area contributed by atoms with Gasteiger partial charge in [0.1, 0.15) is 5.82 Å². The van der Waals surface area contributed by atoms with Crippen molar-refractivity contribution in [3.63, 3.8) is 0 Å². The summed E-state index contributed by atoms with van der Waals surface area (Å²) in [5, 5.41) is 6.11. The Balaban J connectivity index is 2.02. The first-order valence-electron chi connectivity index (χ1n) is 8.03. The zero-order valence-corrected chi connectivity index (χ0v) is 13.3. The summed E-state index contributed by atoms with van der Waals surface area (Å²) in [6.45, 7) is 8.66. The normalized spacial score (nSPS) is 18.9. The average Bonchev–Trinajstić information content (AvgIpc) is 2.90. The summed E-state index contributed by atoms with van der Waals surface area (Å²) in [4.78, 5) is 7.26. The highest BCUT2D eigenvalue weighted by molar-refractivity contribution is 5.94. The van der Waals surface area contributed by atoms with E-state index in [4.69, 9.17) is 4.98 Å². The van der Waals surface area contributed by atoms with Crippen molar-refractivity contribution in [1.82, 2.24) is 10.3 Å². The van der Waals surface area contributed by atoms with E-state index in [1.807, 2.05) is 0 Å². The summed E-state index contributed by atoms with van der Waals surface area (Å²) < 4.78 is 0. The Morgan fingerprint density at radius 2 is 2.05 bits per heavy atom. The van der Waals surface area contributed by atoms with Crippen LogP contribution >= 0.6 is 0 Å². The minimum absolute atomic E-state index is 0.488. The molecule has 1 unspecified atom stereocenters. The van der Waals surface area contributed by atoms with E-state index in [0.29, 0.717) is 12.1 Å². The van der Waals surface area contributed by atoms with Crippen molar-refractivity contribution in [1.29, 1.82) is 0 Å². The second kappa shape index (κ2) is 6.02. The molecule has 1 fully saturated rings. The van der Waals surface area contributed by atoms with Gasteiger partial charge in [-0.25, -0.2) is 4.98 Å². The van der Waals surface area contributed by atoms with Crippen molar-refractivity contribution >= 4 is 16.6 Å². The average molecular weight is 283 g/mol. The van der Waals surface area contributed by atoms with Crippen LogP contribution in [-0.4, -0.2) is 23.6 Å². The molecule has 0 aliphatic carbocycles. The van der Waals surface area contributed by atoms with E-state index in [2.05, 4.69) is 61.5 Å². The van der Waals surface area contributed by atoms with Gasteiger partial charge >= 0.3 is 0 Å². The van der Waals surface area contributed by atoms with Gasteiger partial charge in [0.15, 0.2) is 0 Å². The van der Waals surface area contributed by atoms with E-state index in [1.165, 1.54) is 29.2 Å². The largest absolute Gasteiger partial charge is 0.353 e. The van der Waals surface area contributed by atoms with Crippen molar-refractivity contribution < 1.29 is 0 Å². The minimum atomic E-state index is 0.488. The number of aromatic nitrogens is 1. The quantitative estimate of drug-likeness (QED) is 0.927. The Morgan fingerprint density at radius 1 is 1.29 bits per heavy atom. The molecule has 0 spiro atoms. The second-order valence-corrected chi connectivity index (χ2v) is 6.37. The second-order valence-electron chi connectivity index (χ2n) is 6.37. The lowest BCUT2D eigenvalue weighted by Gasteiger charge is -2.25. The Bertz CT molecular complexity index is 621. The fourth-order valence-corrected chi connectivity index (χ4v) is 3.17. The molecule has 112 valence electrons. The SMILES string of the molecule is CC(C)NCc1cnc(N2CCCC2C)c2ccccc12. The summed E-state index contributed by atoms with van der Waals surface area (Å²) in [5.41, 5.74) is 1.29. The van der Waals surface area contributed by atoms with Crippen molar-refractivity contribution in [2.24, 2.45) is 0 Å². The number of hydrogen-bond donors (Lipinski definition) is 1. The molecule has 0 bridgehead atoms. The maximum absolute atomic E-state index is 4.80. The fourth-order valence-electron chi connectivity index (χ4n) is 3.17. The smallest absolute Gasteiger partial charge is 0.136 e. The van der Waals surface area contributed by atoms with Crippen molar-refractivity contribution in [3.05, 3.63) is 36.0 Å². The molecule has 1 aromatic carbocycles. The van der Waals surface area contributed by atoms with Crippen molar-refractivity contribution in [3.8, 4) is 0 Å². The Morgan fingerprint density at radius 3 is 2.71 bits per heavy atom. The number of nitrogens with zero attached hydrogens (tertiary/aromatic N) is 2. The molecular weight excluding hydrogens is 258 g/mol. The van der Waals surface area contributed by atoms with Crippen LogP contribution < -0.4 is 10.2 Å². The van der Waals surface area contributed by atoms with E-state index in [-0.39, 0.29) is 0 Å². The van der Waals surface area contributed by atoms with Crippen LogP contribution in [0.5, 0.6) is 0 Å². The van der Waals surface area contributed by atoms with Crippen LogP contribution in [0.3, 0.4) is 0 Å². The Labute approximate surface area is 127 Å². The molecule has 3 heteroatoms. The van der Waals surface area contributed by atoms with Gasteiger partial charge in [0.05, 0.1) is 0 Å². The monoisotopic (exact) mass is 283 g/mol. The van der Waals surface area contributed by atoms with Crippen molar-refractivity contribution in [2.45, 2.75) is 52.2 Å². The standard InChI is InChI=1S/C18H25N3/c1-13(2)19-11-15-12-20-18(21-10-6-7-14(21)3)17-9-5-4-8-16(15)17/h4-5,8-9,12-14,19H,6-7,10-11H2,1-3H3. The van der Waals surface area contributed by atoms with Crippen molar-refractivity contribution in [2.75, 3.05) is 11.4 Å². The number of benzene rings is 1. The van der Waals surface area contributed by atoms with Gasteiger partial charge in [-0.1, -0.05) is 38.1 Å². The third-order valence-corrected chi connectivity index (χ3v) is 4.38. The summed E-state index contributed by atoms with van der Waals surface area (Å²) in [5.74, 6) is 1.16. The summed E-state index contributed by atoms with van der Waals surface area (Å²) in [7, 11) is 0. The van der Waals surface area contributed by atoms with Gasteiger partial charge in [0, 0.05) is 36.8 Å². The lowest BCUT2D eigenvalue weighted by atomic mass is 10.1. The predicted molar refractivity (Wildman–Crippen MR) is 89.8 cm³/mol. The molecule has 3 rings (SSSR count). The molecule has 21 heavy (non-hydrogen) atoms. The fraction of sp³-hybridized carbons (Fsp3) is 0.500. The molecule has 0 saturated carbocycles. The zero-order chi connectivity index (χ0) is 14.8. The van der Waals surface area contributed by atoms with Crippen LogP contribution in [0, 0.1) is 0 Å². The van der Waals surface area contributed by atoms with Crippen LogP contribution in [0.1, 0.15) is 39.2 Å². The lowest BCUT2D eigenvalue weighted by molar-refractivity contribution is 0.590. The number of pyridine rings is 1. The highest BCUT2D eigenvalue weighted by atomic mass is 15.2. The van der Waals surface area contributed by atoms with Crippen LogP contribution in [-0.2, 0) is 6.54 Å². The molecule has 1 aromatic heterocycles. The van der Waals surface area contributed by atoms with E-state index >= 15 is 0 Å². The predicted octanol–water partition coefficient (Wildman–Crippen LogP) is 3.72. The van der Waals surface area contributed by atoms with E-state index in [0.717, 1.165) is 18.9 Å². The molecule has 0 radical (unpaired) electrons. The van der Waals surface area contributed by atoms with Crippen LogP contribution in [0.25, 0.3) is 10.8 Å². The van der Waals surface area contributed by atoms with Gasteiger partial charge in [-0.05, 0) is 30.7 Å². The molecule has 1 aliphatic heterocycles. The molecule has 1 atom stereocenters. The Kier molecular flexibility index (Phi) is 4.11. The first-order valence-corrected chi connectivity index (χ1v) is 8.03. The Hall–Kier alpha value is -1.61. The maximum atomic E-state index is 4.80. The number of nitrogens with one attached hydrogen (secondary N) is 1. The van der Waals surface area contributed by atoms with Gasteiger partial charge in [-0.2, -0.15) is 0 Å². The third kappa shape index (κ3) is 2.88. The minimum Gasteiger partial charge on any atom is -0.353 e. The zero-order valence-electron chi connectivity index (χ0n) is 13.3. The van der Waals surface area contributed by atoms with Gasteiger partial charge in [-0.3, -0.25) is 0 Å².